The Morgan fingerprint density at radius 2 is 1.04 bits per heavy atom. The number of fused-ring (bicyclic) bond motifs is 2. The van der Waals surface area contributed by atoms with Crippen molar-refractivity contribution >= 4 is 91.5 Å². The summed E-state index contributed by atoms with van der Waals surface area (Å²) in [5, 5.41) is 22.4. The molecular weight excluding hydrogens is 1060 g/mol. The van der Waals surface area contributed by atoms with Gasteiger partial charge in [-0.25, -0.2) is 9.59 Å². The highest BCUT2D eigenvalue weighted by Gasteiger charge is 2.36. The molecule has 14 nitrogen and oxygen atoms in total. The number of carbonyl (C=O) groups is 2. The number of hydrogen-bond acceptors (Lipinski definition) is 11. The van der Waals surface area contributed by atoms with Gasteiger partial charge in [0.2, 0.25) is 0 Å². The van der Waals surface area contributed by atoms with E-state index < -0.39 is 5.97 Å². The van der Waals surface area contributed by atoms with Gasteiger partial charge in [-0.15, -0.1) is 0 Å². The molecule has 2 atom stereocenters. The van der Waals surface area contributed by atoms with Crippen LogP contribution in [0, 0.1) is 0 Å². The summed E-state index contributed by atoms with van der Waals surface area (Å²) in [7, 11) is 5.27. The second-order valence-electron chi connectivity index (χ2n) is 21.2. The number of carboxylic acid groups (broad SMARTS) is 1. The standard InChI is InChI=1S/C30H32Cl2N4O3.C29H30Cl2N4O3/c1-18-16-35(13-14-36(18)20-9-10-21-23(30(37)38-3)17-34(2)26(21)15-20)12-11-22-28(33-39-29(22)19-7-8-19)27-24(31)5-4-6-25(27)32;1-17-15-34(12-13-35(17)19-8-9-20-22(29(36)37)16-33(2)25(20)14-19)11-10-21-27(32-38-28(21)18-6-7-18)26-23(30)4-3-5-24(26)31/h4-6,9-10,15,17-19H,7-8,11-14,16H2,1-3H3;3-5,8-9,14,16-18H,6-7,10-13,15H2,1-2H3,(H,36,37)/t18-;17-/m11/s1. The highest BCUT2D eigenvalue weighted by Crippen LogP contribution is 2.48. The van der Waals surface area contributed by atoms with E-state index in [4.69, 9.17) is 60.2 Å². The minimum absolute atomic E-state index is 0.309. The van der Waals surface area contributed by atoms with Crippen molar-refractivity contribution in [2.45, 2.75) is 76.3 Å². The van der Waals surface area contributed by atoms with E-state index in [2.05, 4.69) is 62.0 Å². The number of hydrogen-bond donors (Lipinski definition) is 1. The Morgan fingerprint density at radius 1 is 0.623 bits per heavy atom. The minimum Gasteiger partial charge on any atom is -0.478 e. The second-order valence-corrected chi connectivity index (χ2v) is 22.8. The zero-order chi connectivity index (χ0) is 53.8. The maximum atomic E-state index is 12.2. The molecule has 1 N–H and O–H groups in total. The summed E-state index contributed by atoms with van der Waals surface area (Å²) in [6.45, 7) is 11.9. The van der Waals surface area contributed by atoms with Gasteiger partial charge in [-0.05, 0) is 113 Å². The predicted molar refractivity (Wildman–Crippen MR) is 306 cm³/mol. The number of anilines is 2. The van der Waals surface area contributed by atoms with Crippen molar-refractivity contribution in [2.24, 2.45) is 14.1 Å². The fourth-order valence-electron chi connectivity index (χ4n) is 11.6. The molecule has 12 rings (SSSR count). The SMILES string of the molecule is COC(=O)c1cn(C)c2cc(N3CCN(CCc4c(-c5c(Cl)cccc5Cl)noc4C4CC4)C[C@H]3C)ccc12.C[C@@H]1CN(CCc2c(-c3c(Cl)cccc3Cl)noc2C2CC2)CCN1c1ccc2c(C(=O)O)cn(C)c2c1. The van der Waals surface area contributed by atoms with E-state index in [0.29, 0.717) is 55.1 Å². The highest BCUT2D eigenvalue weighted by atomic mass is 35.5. The van der Waals surface area contributed by atoms with Crippen LogP contribution >= 0.6 is 46.4 Å². The monoisotopic (exact) mass is 1120 g/mol. The first-order valence-electron chi connectivity index (χ1n) is 26.5. The number of piperazine rings is 2. The first kappa shape index (κ1) is 53.0. The molecule has 402 valence electrons. The Balaban J connectivity index is 0.000000164. The van der Waals surface area contributed by atoms with Crippen LogP contribution in [0.5, 0.6) is 0 Å². The maximum absolute atomic E-state index is 12.2. The number of methoxy groups -OCH3 is 1. The van der Waals surface area contributed by atoms with Crippen molar-refractivity contribution in [1.29, 1.82) is 0 Å². The molecule has 0 spiro atoms. The summed E-state index contributed by atoms with van der Waals surface area (Å²) in [5.41, 5.74) is 10.5. The predicted octanol–water partition coefficient (Wildman–Crippen LogP) is 13.0. The van der Waals surface area contributed by atoms with Gasteiger partial charge in [-0.1, -0.05) is 68.8 Å². The molecule has 4 aromatic carbocycles. The third kappa shape index (κ3) is 10.7. The number of aryl methyl sites for hydroxylation is 2. The van der Waals surface area contributed by atoms with Crippen molar-refractivity contribution in [3.05, 3.63) is 139 Å². The number of esters is 1. The summed E-state index contributed by atoms with van der Waals surface area (Å²) >= 11 is 26.2. The molecule has 0 unspecified atom stereocenters. The number of halogens is 4. The van der Waals surface area contributed by atoms with E-state index in [1.807, 2.05) is 84.0 Å². The molecule has 4 fully saturated rings. The fraction of sp³-hybridized carbons (Fsp3) is 0.390. The highest BCUT2D eigenvalue weighted by molar-refractivity contribution is 6.39. The molecule has 77 heavy (non-hydrogen) atoms. The summed E-state index contributed by atoms with van der Waals surface area (Å²) in [5.74, 6) is 1.66. The zero-order valence-corrected chi connectivity index (χ0v) is 46.9. The molecule has 8 aromatic rings. The molecule has 4 aromatic heterocycles. The van der Waals surface area contributed by atoms with Crippen molar-refractivity contribution in [1.82, 2.24) is 29.2 Å². The molecule has 0 radical (unpaired) electrons. The van der Waals surface area contributed by atoms with Gasteiger partial charge in [-0.3, -0.25) is 9.80 Å². The third-order valence-corrected chi connectivity index (χ3v) is 17.2. The minimum atomic E-state index is -0.900. The molecule has 2 aliphatic carbocycles. The van der Waals surface area contributed by atoms with Crippen molar-refractivity contribution in [3.63, 3.8) is 0 Å². The maximum Gasteiger partial charge on any atom is 0.340 e. The molecular formula is C59H62Cl4N8O6. The van der Waals surface area contributed by atoms with Gasteiger partial charge in [0.1, 0.15) is 22.9 Å². The number of ether oxygens (including phenoxy) is 1. The molecule has 0 amide bonds. The number of nitrogens with zero attached hydrogens (tertiary/aromatic N) is 8. The molecule has 2 saturated carbocycles. The Bertz CT molecular complexity index is 3480. The lowest BCUT2D eigenvalue weighted by Gasteiger charge is -2.41. The van der Waals surface area contributed by atoms with Crippen LogP contribution < -0.4 is 9.80 Å². The number of aromatic carboxylic acids is 1. The summed E-state index contributed by atoms with van der Waals surface area (Å²) < 4.78 is 20.6. The van der Waals surface area contributed by atoms with Crippen LogP contribution in [0.3, 0.4) is 0 Å². The Labute approximate surface area is 467 Å². The molecule has 0 bridgehead atoms. The topological polar surface area (TPSA) is 138 Å². The molecule has 18 heteroatoms. The smallest absolute Gasteiger partial charge is 0.340 e. The number of carboxylic acids is 1. The van der Waals surface area contributed by atoms with E-state index >= 15 is 0 Å². The van der Waals surface area contributed by atoms with Gasteiger partial charge in [0.25, 0.3) is 0 Å². The lowest BCUT2D eigenvalue weighted by Crippen LogP contribution is -2.52. The average molecular weight is 1120 g/mol. The summed E-state index contributed by atoms with van der Waals surface area (Å²) in [6.07, 6.45) is 9.73. The molecule has 2 saturated heterocycles. The van der Waals surface area contributed by atoms with Crippen LogP contribution in [0.1, 0.15) is 94.7 Å². The van der Waals surface area contributed by atoms with E-state index in [0.717, 1.165) is 169 Å². The van der Waals surface area contributed by atoms with E-state index in [-0.39, 0.29) is 5.97 Å². The first-order chi connectivity index (χ1) is 37.2. The third-order valence-electron chi connectivity index (χ3n) is 16.0. The summed E-state index contributed by atoms with van der Waals surface area (Å²) in [4.78, 5) is 33.6. The number of benzene rings is 4. The lowest BCUT2D eigenvalue weighted by molar-refractivity contribution is 0.0601. The van der Waals surface area contributed by atoms with Crippen LogP contribution in [0.2, 0.25) is 20.1 Å². The van der Waals surface area contributed by atoms with Crippen LogP contribution in [-0.4, -0.2) is 118 Å². The van der Waals surface area contributed by atoms with Gasteiger partial charge in [-0.2, -0.15) is 0 Å². The van der Waals surface area contributed by atoms with E-state index in [1.165, 1.54) is 7.11 Å². The first-order valence-corrected chi connectivity index (χ1v) is 28.0. The Kier molecular flexibility index (Phi) is 15.2. The second kappa shape index (κ2) is 22.0. The van der Waals surface area contributed by atoms with Gasteiger partial charge in [0.05, 0.1) is 49.4 Å². The Hall–Kier alpha value is -6.00. The van der Waals surface area contributed by atoms with Gasteiger partial charge < -0.3 is 37.8 Å². The average Bonchev–Trinajstić information content (AvgIpc) is 4.36. The van der Waals surface area contributed by atoms with Crippen molar-refractivity contribution in [2.75, 3.05) is 69.3 Å². The normalized spacial score (nSPS) is 18.3. The lowest BCUT2D eigenvalue weighted by atomic mass is 10.0. The van der Waals surface area contributed by atoms with Crippen molar-refractivity contribution < 1.29 is 28.5 Å². The van der Waals surface area contributed by atoms with E-state index in [1.54, 1.807) is 6.20 Å². The van der Waals surface area contributed by atoms with Crippen LogP contribution in [0.4, 0.5) is 11.4 Å². The Morgan fingerprint density at radius 3 is 1.43 bits per heavy atom. The van der Waals surface area contributed by atoms with Crippen LogP contribution in [0.15, 0.2) is 94.2 Å². The summed E-state index contributed by atoms with van der Waals surface area (Å²) in [6, 6.07) is 24.1. The number of carbonyl (C=O) groups excluding carboxylic acids is 1. The van der Waals surface area contributed by atoms with Crippen molar-refractivity contribution in [3.8, 4) is 22.5 Å². The molecule has 2 aliphatic heterocycles. The van der Waals surface area contributed by atoms with Crippen LogP contribution in [0.25, 0.3) is 44.3 Å². The fourth-order valence-corrected chi connectivity index (χ4v) is 12.8. The molecule has 6 heterocycles. The van der Waals surface area contributed by atoms with Gasteiger partial charge in [0.15, 0.2) is 0 Å². The van der Waals surface area contributed by atoms with Crippen LogP contribution in [-0.2, 0) is 31.7 Å². The number of aromatic nitrogens is 4. The van der Waals surface area contributed by atoms with Gasteiger partial charge in [0, 0.05) is 147 Å². The van der Waals surface area contributed by atoms with Gasteiger partial charge >= 0.3 is 11.9 Å². The number of rotatable bonds is 14. The molecule has 4 aliphatic rings. The largest absolute Gasteiger partial charge is 0.478 e. The zero-order valence-electron chi connectivity index (χ0n) is 43.9. The van der Waals surface area contributed by atoms with E-state index in [9.17, 15) is 14.7 Å². The quantitative estimate of drug-likeness (QED) is 0.104.